The minimum Gasteiger partial charge on any atom is -0.228 e. The number of hydrogen-bond acceptors (Lipinski definition) is 3. The summed E-state index contributed by atoms with van der Waals surface area (Å²) < 4.78 is 21.6. The summed E-state index contributed by atoms with van der Waals surface area (Å²) >= 11 is 1.40. The molecule has 1 atom stereocenters. The van der Waals surface area contributed by atoms with Crippen LogP contribution in [-0.4, -0.2) is 8.42 Å². The lowest BCUT2D eigenvalue weighted by Crippen LogP contribution is -2.18. The third-order valence-corrected chi connectivity index (χ3v) is 3.88. The summed E-state index contributed by atoms with van der Waals surface area (Å²) in [4.78, 5) is 0.785. The first-order chi connectivity index (χ1) is 5.02. The van der Waals surface area contributed by atoms with Crippen LogP contribution in [0.3, 0.4) is 0 Å². The Bertz CT molecular complexity index is 314. The van der Waals surface area contributed by atoms with Crippen molar-refractivity contribution in [2.45, 2.75) is 12.2 Å². The summed E-state index contributed by atoms with van der Waals surface area (Å²) in [7, 11) is -3.42. The average molecular weight is 191 g/mol. The zero-order valence-electron chi connectivity index (χ0n) is 6.02. The van der Waals surface area contributed by atoms with Crippen LogP contribution >= 0.6 is 11.3 Å². The minimum absolute atomic E-state index is 0.581. The van der Waals surface area contributed by atoms with Crippen LogP contribution in [0.1, 0.15) is 17.1 Å². The molecule has 0 aromatic carbocycles. The summed E-state index contributed by atoms with van der Waals surface area (Å²) in [5, 5.41) is 6.20. The molecule has 3 nitrogen and oxygen atoms in total. The van der Waals surface area contributed by atoms with Gasteiger partial charge in [0.1, 0.15) is 5.25 Å². The van der Waals surface area contributed by atoms with E-state index in [9.17, 15) is 8.42 Å². The van der Waals surface area contributed by atoms with Crippen LogP contribution in [-0.2, 0) is 10.0 Å². The van der Waals surface area contributed by atoms with E-state index in [1.165, 1.54) is 11.3 Å². The van der Waals surface area contributed by atoms with Crippen molar-refractivity contribution in [2.24, 2.45) is 5.14 Å². The highest BCUT2D eigenvalue weighted by Crippen LogP contribution is 2.23. The fourth-order valence-electron chi connectivity index (χ4n) is 0.684. The standard InChI is InChI=1S/C6H9NO2S2/c1-5(11(7,8)9)6-3-2-4-10-6/h2-5H,1H3,(H2,7,8,9). The van der Waals surface area contributed by atoms with Crippen LogP contribution in [0.2, 0.25) is 0 Å². The van der Waals surface area contributed by atoms with E-state index in [-0.39, 0.29) is 0 Å². The van der Waals surface area contributed by atoms with E-state index >= 15 is 0 Å². The predicted octanol–water partition coefficient (Wildman–Crippen LogP) is 1.10. The van der Waals surface area contributed by atoms with Crippen molar-refractivity contribution in [3.05, 3.63) is 22.4 Å². The SMILES string of the molecule is CC(c1cccs1)S(N)(=O)=O. The molecule has 11 heavy (non-hydrogen) atoms. The van der Waals surface area contributed by atoms with Gasteiger partial charge in [0.25, 0.3) is 0 Å². The van der Waals surface area contributed by atoms with Gasteiger partial charge in [-0.2, -0.15) is 0 Å². The molecule has 0 amide bonds. The number of primary sulfonamides is 1. The van der Waals surface area contributed by atoms with Crippen molar-refractivity contribution in [1.82, 2.24) is 0 Å². The molecule has 0 radical (unpaired) electrons. The lowest BCUT2D eigenvalue weighted by molar-refractivity contribution is 0.588. The molecule has 0 aliphatic carbocycles. The molecule has 62 valence electrons. The van der Waals surface area contributed by atoms with Crippen molar-refractivity contribution in [3.8, 4) is 0 Å². The highest BCUT2D eigenvalue weighted by Gasteiger charge is 2.17. The van der Waals surface area contributed by atoms with E-state index in [0.29, 0.717) is 0 Å². The third kappa shape index (κ3) is 2.02. The van der Waals surface area contributed by atoms with Crippen molar-refractivity contribution >= 4 is 21.4 Å². The summed E-state index contributed by atoms with van der Waals surface area (Å²) in [6.07, 6.45) is 0. The topological polar surface area (TPSA) is 60.2 Å². The molecule has 0 aliphatic heterocycles. The van der Waals surface area contributed by atoms with Gasteiger partial charge in [0.2, 0.25) is 10.0 Å². The second kappa shape index (κ2) is 2.92. The first-order valence-corrected chi connectivity index (χ1v) is 5.56. The van der Waals surface area contributed by atoms with Gasteiger partial charge in [0, 0.05) is 4.88 Å². The maximum atomic E-state index is 10.8. The monoisotopic (exact) mass is 191 g/mol. The maximum Gasteiger partial charge on any atom is 0.216 e. The molecule has 0 saturated heterocycles. The van der Waals surface area contributed by atoms with Crippen LogP contribution in [0.25, 0.3) is 0 Å². The van der Waals surface area contributed by atoms with Crippen LogP contribution < -0.4 is 5.14 Å². The smallest absolute Gasteiger partial charge is 0.216 e. The van der Waals surface area contributed by atoms with Crippen molar-refractivity contribution in [2.75, 3.05) is 0 Å². The van der Waals surface area contributed by atoms with Crippen LogP contribution in [0, 0.1) is 0 Å². The highest BCUT2D eigenvalue weighted by atomic mass is 32.2. The number of sulfonamides is 1. The van der Waals surface area contributed by atoms with Crippen LogP contribution in [0.15, 0.2) is 17.5 Å². The number of nitrogens with two attached hydrogens (primary N) is 1. The van der Waals surface area contributed by atoms with Crippen LogP contribution in [0.4, 0.5) is 0 Å². The van der Waals surface area contributed by atoms with E-state index in [1.807, 2.05) is 11.4 Å². The Morgan fingerprint density at radius 3 is 2.64 bits per heavy atom. The second-order valence-corrected chi connectivity index (χ2v) is 5.11. The van der Waals surface area contributed by atoms with Crippen molar-refractivity contribution in [3.63, 3.8) is 0 Å². The van der Waals surface area contributed by atoms with Gasteiger partial charge < -0.3 is 0 Å². The third-order valence-electron chi connectivity index (χ3n) is 1.44. The fourth-order valence-corrected chi connectivity index (χ4v) is 2.32. The van der Waals surface area contributed by atoms with Gasteiger partial charge in [-0.05, 0) is 18.4 Å². The Kier molecular flexibility index (Phi) is 2.31. The van der Waals surface area contributed by atoms with E-state index in [2.05, 4.69) is 0 Å². The molecule has 1 aromatic heterocycles. The number of thiophene rings is 1. The molecule has 0 aliphatic rings. The minimum atomic E-state index is -3.42. The Morgan fingerprint density at radius 1 is 1.64 bits per heavy atom. The lowest BCUT2D eigenvalue weighted by atomic mass is 10.4. The Labute approximate surface area is 69.9 Å². The Morgan fingerprint density at radius 2 is 2.27 bits per heavy atom. The van der Waals surface area contributed by atoms with Gasteiger partial charge >= 0.3 is 0 Å². The molecule has 0 bridgehead atoms. The molecule has 0 fully saturated rings. The van der Waals surface area contributed by atoms with Crippen LogP contribution in [0.5, 0.6) is 0 Å². The quantitative estimate of drug-likeness (QED) is 0.761. The van der Waals surface area contributed by atoms with Gasteiger partial charge in [-0.25, -0.2) is 13.6 Å². The molecule has 2 N–H and O–H groups in total. The van der Waals surface area contributed by atoms with Gasteiger partial charge in [0.15, 0.2) is 0 Å². The van der Waals surface area contributed by atoms with Crippen molar-refractivity contribution in [1.29, 1.82) is 0 Å². The predicted molar refractivity (Wildman–Crippen MR) is 45.8 cm³/mol. The van der Waals surface area contributed by atoms with E-state index in [0.717, 1.165) is 4.88 Å². The number of hydrogen-bond donors (Lipinski definition) is 1. The zero-order valence-corrected chi connectivity index (χ0v) is 7.65. The highest BCUT2D eigenvalue weighted by molar-refractivity contribution is 7.89. The molecule has 0 saturated carbocycles. The molecule has 5 heteroatoms. The van der Waals surface area contributed by atoms with Gasteiger partial charge in [-0.1, -0.05) is 6.07 Å². The maximum absolute atomic E-state index is 10.8. The molecule has 1 heterocycles. The summed E-state index contributed by atoms with van der Waals surface area (Å²) in [5.74, 6) is 0. The molecular formula is C6H9NO2S2. The molecule has 1 aromatic rings. The first-order valence-electron chi connectivity index (χ1n) is 3.07. The van der Waals surface area contributed by atoms with E-state index in [1.54, 1.807) is 13.0 Å². The average Bonchev–Trinajstić information content (AvgIpc) is 2.34. The van der Waals surface area contributed by atoms with Gasteiger partial charge in [-0.15, -0.1) is 11.3 Å². The molecule has 1 unspecified atom stereocenters. The second-order valence-electron chi connectivity index (χ2n) is 2.25. The Hall–Kier alpha value is -0.390. The van der Waals surface area contributed by atoms with Gasteiger partial charge in [-0.3, -0.25) is 0 Å². The Balaban J connectivity index is 2.97. The molecule has 0 spiro atoms. The van der Waals surface area contributed by atoms with E-state index in [4.69, 9.17) is 5.14 Å². The summed E-state index contributed by atoms with van der Waals surface area (Å²) in [6.45, 7) is 1.58. The zero-order chi connectivity index (χ0) is 8.48. The normalized spacial score (nSPS) is 14.7. The summed E-state index contributed by atoms with van der Waals surface area (Å²) in [6, 6.07) is 3.57. The number of rotatable bonds is 2. The molecule has 1 rings (SSSR count). The lowest BCUT2D eigenvalue weighted by Gasteiger charge is -2.04. The summed E-state index contributed by atoms with van der Waals surface area (Å²) in [5.41, 5.74) is 0. The first kappa shape index (κ1) is 8.70. The fraction of sp³-hybridized carbons (Fsp3) is 0.333. The van der Waals surface area contributed by atoms with Crippen molar-refractivity contribution < 1.29 is 8.42 Å². The largest absolute Gasteiger partial charge is 0.228 e. The van der Waals surface area contributed by atoms with Gasteiger partial charge in [0.05, 0.1) is 0 Å². The van der Waals surface area contributed by atoms with E-state index < -0.39 is 15.3 Å². The molecular weight excluding hydrogens is 182 g/mol.